The van der Waals surface area contributed by atoms with E-state index < -0.39 is 36.8 Å². The standard InChI is InChI=1S/C20H18FN3O4/c21-16-7-4-6-15(12-16)20(27)23-13-19(26)28-14-18(25)24(11-5-10-22)17-8-2-1-3-9-17/h1-4,6-9,12H,5,11,13-14H2,(H,23,27). The average molecular weight is 383 g/mol. The normalized spacial score (nSPS) is 9.86. The van der Waals surface area contributed by atoms with Gasteiger partial charge in [-0.3, -0.25) is 14.4 Å². The van der Waals surface area contributed by atoms with Crippen LogP contribution in [-0.4, -0.2) is 37.5 Å². The Balaban J connectivity index is 1.85. The molecule has 28 heavy (non-hydrogen) atoms. The fourth-order valence-electron chi connectivity index (χ4n) is 2.32. The van der Waals surface area contributed by atoms with Gasteiger partial charge in [-0.25, -0.2) is 4.39 Å². The molecule has 144 valence electrons. The molecule has 0 aliphatic rings. The highest BCUT2D eigenvalue weighted by atomic mass is 19.1. The maximum absolute atomic E-state index is 13.1. The molecule has 0 spiro atoms. The number of anilines is 1. The van der Waals surface area contributed by atoms with Gasteiger partial charge in [0.25, 0.3) is 11.8 Å². The van der Waals surface area contributed by atoms with Crippen molar-refractivity contribution in [1.29, 1.82) is 5.26 Å². The Morgan fingerprint density at radius 3 is 2.54 bits per heavy atom. The minimum Gasteiger partial charge on any atom is -0.454 e. The van der Waals surface area contributed by atoms with Gasteiger partial charge in [-0.05, 0) is 30.3 Å². The van der Waals surface area contributed by atoms with Crippen molar-refractivity contribution in [1.82, 2.24) is 5.32 Å². The van der Waals surface area contributed by atoms with Crippen LogP contribution in [0.5, 0.6) is 0 Å². The monoisotopic (exact) mass is 383 g/mol. The van der Waals surface area contributed by atoms with Crippen molar-refractivity contribution in [3.63, 3.8) is 0 Å². The van der Waals surface area contributed by atoms with Crippen LogP contribution in [0.3, 0.4) is 0 Å². The van der Waals surface area contributed by atoms with Crippen LogP contribution in [0.4, 0.5) is 10.1 Å². The molecule has 0 unspecified atom stereocenters. The molecule has 0 aromatic heterocycles. The largest absolute Gasteiger partial charge is 0.454 e. The Bertz CT molecular complexity index is 881. The molecule has 0 aliphatic heterocycles. The highest BCUT2D eigenvalue weighted by Crippen LogP contribution is 2.14. The van der Waals surface area contributed by atoms with Gasteiger partial charge >= 0.3 is 5.97 Å². The first-order chi connectivity index (χ1) is 13.5. The van der Waals surface area contributed by atoms with Gasteiger partial charge in [0.1, 0.15) is 12.4 Å². The summed E-state index contributed by atoms with van der Waals surface area (Å²) in [6.45, 7) is -0.839. The van der Waals surface area contributed by atoms with Gasteiger partial charge in [0.15, 0.2) is 6.61 Å². The zero-order valence-corrected chi connectivity index (χ0v) is 14.9. The molecule has 0 saturated heterocycles. The van der Waals surface area contributed by atoms with Crippen molar-refractivity contribution >= 4 is 23.5 Å². The van der Waals surface area contributed by atoms with E-state index in [4.69, 9.17) is 10.00 Å². The van der Waals surface area contributed by atoms with Gasteiger partial charge < -0.3 is 15.0 Å². The molecule has 0 bridgehead atoms. The first-order valence-corrected chi connectivity index (χ1v) is 8.43. The van der Waals surface area contributed by atoms with E-state index in [0.29, 0.717) is 5.69 Å². The van der Waals surface area contributed by atoms with Crippen LogP contribution in [0.2, 0.25) is 0 Å². The first kappa shape index (κ1) is 20.6. The Kier molecular flexibility index (Phi) is 7.66. The molecule has 2 aromatic rings. The highest BCUT2D eigenvalue weighted by molar-refractivity contribution is 5.97. The summed E-state index contributed by atoms with van der Waals surface area (Å²) < 4.78 is 18.0. The zero-order valence-electron chi connectivity index (χ0n) is 14.9. The second-order valence-electron chi connectivity index (χ2n) is 5.64. The van der Waals surface area contributed by atoms with Gasteiger partial charge in [-0.1, -0.05) is 24.3 Å². The van der Waals surface area contributed by atoms with Crippen molar-refractivity contribution in [2.45, 2.75) is 6.42 Å². The molecular weight excluding hydrogens is 365 g/mol. The number of benzene rings is 2. The Hall–Kier alpha value is -3.73. The Morgan fingerprint density at radius 2 is 1.86 bits per heavy atom. The molecule has 0 heterocycles. The lowest BCUT2D eigenvalue weighted by Gasteiger charge is -2.21. The number of rotatable bonds is 8. The van der Waals surface area contributed by atoms with E-state index in [1.807, 2.05) is 6.07 Å². The van der Waals surface area contributed by atoms with Crippen LogP contribution in [0.15, 0.2) is 54.6 Å². The van der Waals surface area contributed by atoms with E-state index in [9.17, 15) is 18.8 Å². The molecule has 2 aromatic carbocycles. The van der Waals surface area contributed by atoms with Gasteiger partial charge in [-0.15, -0.1) is 0 Å². The molecule has 0 saturated carbocycles. The third-order valence-corrected chi connectivity index (χ3v) is 3.65. The summed E-state index contributed by atoms with van der Waals surface area (Å²) in [6, 6.07) is 15.7. The summed E-state index contributed by atoms with van der Waals surface area (Å²) in [5.74, 6) is -2.51. The van der Waals surface area contributed by atoms with E-state index in [0.717, 1.165) is 6.07 Å². The van der Waals surface area contributed by atoms with Gasteiger partial charge in [-0.2, -0.15) is 5.26 Å². The number of nitrogens with zero attached hydrogens (tertiary/aromatic N) is 2. The molecule has 2 amide bonds. The number of halogens is 1. The SMILES string of the molecule is N#CCCN(C(=O)COC(=O)CNC(=O)c1cccc(F)c1)c1ccccc1. The summed E-state index contributed by atoms with van der Waals surface area (Å²) in [7, 11) is 0. The van der Waals surface area contributed by atoms with E-state index in [2.05, 4.69) is 5.32 Å². The number of hydrogen-bond donors (Lipinski definition) is 1. The van der Waals surface area contributed by atoms with Crippen LogP contribution < -0.4 is 10.2 Å². The third kappa shape index (κ3) is 6.21. The summed E-state index contributed by atoms with van der Waals surface area (Å²) in [6.07, 6.45) is 0.123. The number of carbonyl (C=O) groups is 3. The van der Waals surface area contributed by atoms with Crippen LogP contribution >= 0.6 is 0 Å². The number of esters is 1. The Morgan fingerprint density at radius 1 is 1.11 bits per heavy atom. The molecule has 0 fully saturated rings. The molecule has 8 heteroatoms. The van der Waals surface area contributed by atoms with Gasteiger partial charge in [0, 0.05) is 17.8 Å². The summed E-state index contributed by atoms with van der Waals surface area (Å²) in [5.41, 5.74) is 0.647. The maximum Gasteiger partial charge on any atom is 0.325 e. The van der Waals surface area contributed by atoms with Crippen LogP contribution in [0.1, 0.15) is 16.8 Å². The molecular formula is C20H18FN3O4. The Labute approximate surface area is 161 Å². The first-order valence-electron chi connectivity index (χ1n) is 8.43. The molecule has 2 rings (SSSR count). The number of hydrogen-bond acceptors (Lipinski definition) is 5. The summed E-state index contributed by atoms with van der Waals surface area (Å²) in [4.78, 5) is 37.4. The lowest BCUT2D eigenvalue weighted by Crippen LogP contribution is -2.37. The van der Waals surface area contributed by atoms with Gasteiger partial charge in [0.2, 0.25) is 0 Å². The second kappa shape index (κ2) is 10.4. The van der Waals surface area contributed by atoms with E-state index in [-0.39, 0.29) is 18.5 Å². The van der Waals surface area contributed by atoms with Crippen LogP contribution in [0, 0.1) is 17.1 Å². The predicted molar refractivity (Wildman–Crippen MR) is 98.7 cm³/mol. The fraction of sp³-hybridized carbons (Fsp3) is 0.200. The topological polar surface area (TPSA) is 99.5 Å². The molecule has 7 nitrogen and oxygen atoms in total. The van der Waals surface area contributed by atoms with Crippen molar-refractivity contribution in [2.24, 2.45) is 0 Å². The predicted octanol–water partition coefficient (Wildman–Crippen LogP) is 2.05. The molecule has 0 radical (unpaired) electrons. The quantitative estimate of drug-likeness (QED) is 0.704. The van der Waals surface area contributed by atoms with E-state index >= 15 is 0 Å². The lowest BCUT2D eigenvalue weighted by atomic mass is 10.2. The number of nitriles is 1. The zero-order chi connectivity index (χ0) is 20.4. The fourth-order valence-corrected chi connectivity index (χ4v) is 2.32. The maximum atomic E-state index is 13.1. The minimum absolute atomic E-state index is 0.0654. The number of para-hydroxylation sites is 1. The second-order valence-corrected chi connectivity index (χ2v) is 5.64. The number of amides is 2. The molecule has 0 atom stereocenters. The third-order valence-electron chi connectivity index (χ3n) is 3.65. The average Bonchev–Trinajstić information content (AvgIpc) is 2.71. The van der Waals surface area contributed by atoms with E-state index in [1.54, 1.807) is 30.3 Å². The molecule has 1 N–H and O–H groups in total. The lowest BCUT2D eigenvalue weighted by molar-refractivity contribution is -0.146. The highest BCUT2D eigenvalue weighted by Gasteiger charge is 2.18. The number of carbonyl (C=O) groups excluding carboxylic acids is 3. The molecule has 0 aliphatic carbocycles. The smallest absolute Gasteiger partial charge is 0.325 e. The minimum atomic E-state index is -0.814. The van der Waals surface area contributed by atoms with E-state index in [1.165, 1.54) is 23.1 Å². The number of ether oxygens (including phenoxy) is 1. The van der Waals surface area contributed by atoms with Crippen LogP contribution in [-0.2, 0) is 14.3 Å². The summed E-state index contributed by atoms with van der Waals surface area (Å²) in [5, 5.41) is 11.1. The van der Waals surface area contributed by atoms with Crippen LogP contribution in [0.25, 0.3) is 0 Å². The van der Waals surface area contributed by atoms with Crippen molar-refractivity contribution < 1.29 is 23.5 Å². The van der Waals surface area contributed by atoms with Crippen molar-refractivity contribution in [3.05, 3.63) is 66.0 Å². The number of nitrogens with one attached hydrogen (secondary N) is 1. The summed E-state index contributed by atoms with van der Waals surface area (Å²) >= 11 is 0. The van der Waals surface area contributed by atoms with Gasteiger partial charge in [0.05, 0.1) is 12.5 Å². The van der Waals surface area contributed by atoms with Crippen molar-refractivity contribution in [2.75, 3.05) is 24.6 Å². The van der Waals surface area contributed by atoms with Crippen molar-refractivity contribution in [3.8, 4) is 6.07 Å².